The van der Waals surface area contributed by atoms with Crippen molar-refractivity contribution >= 4 is 10.0 Å². The van der Waals surface area contributed by atoms with E-state index >= 15 is 0 Å². The van der Waals surface area contributed by atoms with Crippen LogP contribution in [-0.4, -0.2) is 35.9 Å². The van der Waals surface area contributed by atoms with Gasteiger partial charge >= 0.3 is 0 Å². The summed E-state index contributed by atoms with van der Waals surface area (Å²) in [5.41, 5.74) is -0.193. The van der Waals surface area contributed by atoms with E-state index in [0.29, 0.717) is 24.2 Å². The SMILES string of the molecule is O=S(=O)(c1ncccc1C(O)(c1ccccc1)c1ccccc1)N1CCCCC1. The van der Waals surface area contributed by atoms with Gasteiger partial charge in [-0.3, -0.25) is 0 Å². The molecular formula is C23H24N2O3S. The normalized spacial score (nSPS) is 15.9. The molecule has 2 aromatic carbocycles. The Morgan fingerprint density at radius 3 is 1.90 bits per heavy atom. The highest BCUT2D eigenvalue weighted by atomic mass is 32.2. The fourth-order valence-electron chi connectivity index (χ4n) is 3.94. The molecule has 0 amide bonds. The van der Waals surface area contributed by atoms with E-state index in [0.717, 1.165) is 19.3 Å². The van der Waals surface area contributed by atoms with Crippen molar-refractivity contribution < 1.29 is 13.5 Å². The van der Waals surface area contributed by atoms with Gasteiger partial charge in [0.05, 0.1) is 0 Å². The van der Waals surface area contributed by atoms with Crippen molar-refractivity contribution in [2.24, 2.45) is 0 Å². The second kappa shape index (κ2) is 8.06. The Kier molecular flexibility index (Phi) is 5.50. The molecule has 1 N–H and O–H groups in total. The molecule has 1 aromatic heterocycles. The molecule has 1 fully saturated rings. The first-order chi connectivity index (χ1) is 14.0. The first-order valence-electron chi connectivity index (χ1n) is 9.83. The Morgan fingerprint density at radius 2 is 1.34 bits per heavy atom. The third kappa shape index (κ3) is 3.59. The first kappa shape index (κ1) is 19.8. The Hall–Kier alpha value is -2.54. The molecule has 0 unspecified atom stereocenters. The monoisotopic (exact) mass is 408 g/mol. The lowest BCUT2D eigenvalue weighted by Crippen LogP contribution is -2.39. The average Bonchev–Trinajstić information content (AvgIpc) is 2.80. The molecule has 0 atom stereocenters. The number of nitrogens with zero attached hydrogens (tertiary/aromatic N) is 2. The molecule has 0 radical (unpaired) electrons. The van der Waals surface area contributed by atoms with Crippen LogP contribution < -0.4 is 0 Å². The van der Waals surface area contributed by atoms with Gasteiger partial charge in [-0.2, -0.15) is 4.31 Å². The number of hydrogen-bond acceptors (Lipinski definition) is 4. The van der Waals surface area contributed by atoms with Crippen molar-refractivity contribution in [1.82, 2.24) is 9.29 Å². The van der Waals surface area contributed by atoms with Gasteiger partial charge in [0, 0.05) is 24.8 Å². The molecule has 5 nitrogen and oxygen atoms in total. The third-order valence-electron chi connectivity index (χ3n) is 5.44. The van der Waals surface area contributed by atoms with Gasteiger partial charge in [0.2, 0.25) is 0 Å². The maximum Gasteiger partial charge on any atom is 0.260 e. The van der Waals surface area contributed by atoms with Gasteiger partial charge in [-0.15, -0.1) is 0 Å². The van der Waals surface area contributed by atoms with Crippen molar-refractivity contribution in [3.8, 4) is 0 Å². The van der Waals surface area contributed by atoms with Crippen molar-refractivity contribution in [2.75, 3.05) is 13.1 Å². The summed E-state index contributed by atoms with van der Waals surface area (Å²) in [5.74, 6) is 0. The van der Waals surface area contributed by atoms with Crippen LogP contribution in [0, 0.1) is 0 Å². The predicted octanol–water partition coefficient (Wildman–Crippen LogP) is 3.54. The molecule has 2 heterocycles. The van der Waals surface area contributed by atoms with Crippen LogP contribution in [0.1, 0.15) is 36.0 Å². The summed E-state index contributed by atoms with van der Waals surface area (Å²) in [7, 11) is -3.83. The van der Waals surface area contributed by atoms with Gasteiger partial charge in [-0.05, 0) is 30.0 Å². The minimum absolute atomic E-state index is 0.0860. The fraction of sp³-hybridized carbons (Fsp3) is 0.261. The summed E-state index contributed by atoms with van der Waals surface area (Å²) in [5, 5.41) is 12.0. The van der Waals surface area contributed by atoms with Gasteiger partial charge < -0.3 is 5.11 Å². The standard InChI is InChI=1S/C23H24N2O3S/c26-23(19-11-4-1-5-12-19,20-13-6-2-7-14-20)21-15-10-16-24-22(21)29(27,28)25-17-8-3-9-18-25/h1-2,4-7,10-16,26H,3,8-9,17-18H2. The molecule has 0 aliphatic carbocycles. The van der Waals surface area contributed by atoms with Crippen molar-refractivity contribution in [3.05, 3.63) is 95.7 Å². The van der Waals surface area contributed by atoms with E-state index < -0.39 is 15.6 Å². The summed E-state index contributed by atoms with van der Waals surface area (Å²) in [6.45, 7) is 0.959. The van der Waals surface area contributed by atoms with Crippen LogP contribution >= 0.6 is 0 Å². The van der Waals surface area contributed by atoms with E-state index in [9.17, 15) is 13.5 Å². The first-order valence-corrected chi connectivity index (χ1v) is 11.3. The van der Waals surface area contributed by atoms with E-state index in [4.69, 9.17) is 0 Å². The number of hydrogen-bond donors (Lipinski definition) is 1. The molecule has 4 rings (SSSR count). The zero-order valence-corrected chi connectivity index (χ0v) is 16.9. The van der Waals surface area contributed by atoms with Crippen LogP contribution in [0.15, 0.2) is 84.0 Å². The van der Waals surface area contributed by atoms with Gasteiger partial charge in [0.15, 0.2) is 5.03 Å². The van der Waals surface area contributed by atoms with Gasteiger partial charge in [0.25, 0.3) is 10.0 Å². The second-order valence-electron chi connectivity index (χ2n) is 7.26. The van der Waals surface area contributed by atoms with Crippen LogP contribution in [-0.2, 0) is 15.6 Å². The zero-order chi connectivity index (χ0) is 20.3. The van der Waals surface area contributed by atoms with Gasteiger partial charge in [0.1, 0.15) is 5.60 Å². The van der Waals surface area contributed by atoms with Crippen molar-refractivity contribution in [2.45, 2.75) is 29.9 Å². The largest absolute Gasteiger partial charge is 0.376 e. The summed E-state index contributed by atoms with van der Waals surface area (Å²) >= 11 is 0. The molecule has 0 saturated carbocycles. The minimum Gasteiger partial charge on any atom is -0.376 e. The molecule has 1 aliphatic heterocycles. The average molecular weight is 409 g/mol. The van der Waals surface area contributed by atoms with Crippen LogP contribution in [0.5, 0.6) is 0 Å². The molecule has 29 heavy (non-hydrogen) atoms. The lowest BCUT2D eigenvalue weighted by atomic mass is 9.81. The maximum absolute atomic E-state index is 13.5. The van der Waals surface area contributed by atoms with Crippen LogP contribution in [0.2, 0.25) is 0 Å². The van der Waals surface area contributed by atoms with Crippen molar-refractivity contribution in [1.29, 1.82) is 0 Å². The Bertz CT molecular complexity index is 1020. The number of pyridine rings is 1. The summed E-state index contributed by atoms with van der Waals surface area (Å²) < 4.78 is 28.4. The summed E-state index contributed by atoms with van der Waals surface area (Å²) in [6, 6.07) is 21.6. The molecule has 6 heteroatoms. The lowest BCUT2D eigenvalue weighted by molar-refractivity contribution is 0.121. The number of piperidine rings is 1. The summed E-state index contributed by atoms with van der Waals surface area (Å²) in [4.78, 5) is 4.25. The third-order valence-corrected chi connectivity index (χ3v) is 7.30. The quantitative estimate of drug-likeness (QED) is 0.701. The molecule has 3 aromatic rings. The Morgan fingerprint density at radius 1 is 0.793 bits per heavy atom. The highest BCUT2D eigenvalue weighted by Crippen LogP contribution is 2.39. The van der Waals surface area contributed by atoms with Gasteiger partial charge in [-0.1, -0.05) is 73.2 Å². The number of aliphatic hydroxyl groups is 1. The summed E-state index contributed by atoms with van der Waals surface area (Å²) in [6.07, 6.45) is 4.17. The van der Waals surface area contributed by atoms with E-state index in [-0.39, 0.29) is 10.6 Å². The highest BCUT2D eigenvalue weighted by molar-refractivity contribution is 7.89. The zero-order valence-electron chi connectivity index (χ0n) is 16.1. The van der Waals surface area contributed by atoms with Crippen LogP contribution in [0.25, 0.3) is 0 Å². The predicted molar refractivity (Wildman–Crippen MR) is 112 cm³/mol. The minimum atomic E-state index is -3.83. The van der Waals surface area contributed by atoms with Crippen LogP contribution in [0.4, 0.5) is 0 Å². The molecule has 1 saturated heterocycles. The molecular weight excluding hydrogens is 384 g/mol. The smallest absolute Gasteiger partial charge is 0.260 e. The fourth-order valence-corrected chi connectivity index (χ4v) is 5.61. The Balaban J connectivity index is 1.94. The van der Waals surface area contributed by atoms with E-state index in [1.807, 2.05) is 36.4 Å². The molecule has 0 spiro atoms. The molecule has 0 bridgehead atoms. The second-order valence-corrected chi connectivity index (χ2v) is 9.12. The van der Waals surface area contributed by atoms with Crippen molar-refractivity contribution in [3.63, 3.8) is 0 Å². The number of aromatic nitrogens is 1. The van der Waals surface area contributed by atoms with E-state index in [1.54, 1.807) is 36.4 Å². The number of sulfonamides is 1. The highest BCUT2D eigenvalue weighted by Gasteiger charge is 2.40. The topological polar surface area (TPSA) is 70.5 Å². The van der Waals surface area contributed by atoms with E-state index in [2.05, 4.69) is 4.98 Å². The molecule has 150 valence electrons. The lowest BCUT2D eigenvalue weighted by Gasteiger charge is -2.33. The van der Waals surface area contributed by atoms with Gasteiger partial charge in [-0.25, -0.2) is 13.4 Å². The van der Waals surface area contributed by atoms with Crippen LogP contribution in [0.3, 0.4) is 0 Å². The maximum atomic E-state index is 13.5. The number of rotatable bonds is 5. The number of benzene rings is 2. The molecule has 1 aliphatic rings. The Labute approximate surface area is 171 Å². The van der Waals surface area contributed by atoms with E-state index in [1.165, 1.54) is 10.5 Å².